The molecule has 166 valence electrons. The number of hydrogen-bond acceptors (Lipinski definition) is 9. The number of rotatable bonds is 7. The van der Waals surface area contributed by atoms with Crippen molar-refractivity contribution in [2.45, 2.75) is 45.4 Å². The zero-order chi connectivity index (χ0) is 21.9. The van der Waals surface area contributed by atoms with Gasteiger partial charge in [0.25, 0.3) is 5.91 Å². The largest absolute Gasteiger partial charge is 0.465 e. The zero-order valence-electron chi connectivity index (χ0n) is 17.4. The molecule has 1 unspecified atom stereocenters. The van der Waals surface area contributed by atoms with E-state index in [0.717, 1.165) is 0 Å². The molecule has 0 aromatic rings. The zero-order valence-corrected chi connectivity index (χ0v) is 17.4. The Morgan fingerprint density at radius 3 is 2.13 bits per heavy atom. The first-order chi connectivity index (χ1) is 14.4. The maximum atomic E-state index is 13.3. The van der Waals surface area contributed by atoms with Crippen molar-refractivity contribution in [1.29, 1.82) is 0 Å². The summed E-state index contributed by atoms with van der Waals surface area (Å²) >= 11 is 0. The van der Waals surface area contributed by atoms with Crippen LogP contribution in [-0.2, 0) is 42.9 Å². The second-order valence-electron chi connectivity index (χ2n) is 7.04. The van der Waals surface area contributed by atoms with Gasteiger partial charge in [-0.15, -0.1) is 0 Å². The molecule has 0 saturated carbocycles. The van der Waals surface area contributed by atoms with Gasteiger partial charge < -0.3 is 28.6 Å². The van der Waals surface area contributed by atoms with E-state index in [9.17, 15) is 19.2 Å². The molecule has 1 atom stereocenters. The lowest BCUT2D eigenvalue weighted by molar-refractivity contribution is -0.179. The molecule has 3 heterocycles. The number of nitrogens with zero attached hydrogens (tertiary/aromatic N) is 1. The predicted octanol–water partition coefficient (Wildman–Crippen LogP) is 0.336. The highest BCUT2D eigenvalue weighted by Gasteiger charge is 2.58. The molecule has 0 N–H and O–H groups in total. The second-order valence-corrected chi connectivity index (χ2v) is 7.04. The molecule has 3 aliphatic rings. The fourth-order valence-electron chi connectivity index (χ4n) is 4.26. The van der Waals surface area contributed by atoms with Crippen molar-refractivity contribution in [3.05, 3.63) is 11.1 Å². The van der Waals surface area contributed by atoms with Gasteiger partial charge in [-0.1, -0.05) is 0 Å². The first-order valence-electron chi connectivity index (χ1n) is 10.2. The monoisotopic (exact) mass is 425 g/mol. The summed E-state index contributed by atoms with van der Waals surface area (Å²) in [6.45, 7) is 5.96. The first kappa shape index (κ1) is 22.2. The summed E-state index contributed by atoms with van der Waals surface area (Å²) in [6.07, 6.45) is 0.457. The van der Waals surface area contributed by atoms with Gasteiger partial charge in [0.15, 0.2) is 11.7 Å². The molecule has 1 spiro atoms. The quantitative estimate of drug-likeness (QED) is 0.246. The van der Waals surface area contributed by atoms with Crippen LogP contribution in [0.5, 0.6) is 0 Å². The van der Waals surface area contributed by atoms with E-state index in [1.165, 1.54) is 4.90 Å². The molecule has 2 fully saturated rings. The number of ether oxygens (including phenoxy) is 5. The van der Waals surface area contributed by atoms with Gasteiger partial charge in [-0.3, -0.25) is 14.4 Å². The van der Waals surface area contributed by atoms with Crippen LogP contribution in [0, 0.1) is 5.92 Å². The molecule has 1 amide bonds. The van der Waals surface area contributed by atoms with E-state index < -0.39 is 41.6 Å². The Labute approximate surface area is 174 Å². The lowest BCUT2D eigenvalue weighted by atomic mass is 9.83. The van der Waals surface area contributed by atoms with Gasteiger partial charge in [0.1, 0.15) is 5.57 Å². The summed E-state index contributed by atoms with van der Waals surface area (Å²) in [4.78, 5) is 52.9. The van der Waals surface area contributed by atoms with Crippen molar-refractivity contribution in [2.24, 2.45) is 5.92 Å². The molecule has 3 rings (SSSR count). The van der Waals surface area contributed by atoms with E-state index in [1.54, 1.807) is 20.8 Å². The van der Waals surface area contributed by atoms with E-state index in [-0.39, 0.29) is 37.4 Å². The Bertz CT molecular complexity index is 735. The average Bonchev–Trinajstić information content (AvgIpc) is 3.31. The van der Waals surface area contributed by atoms with E-state index >= 15 is 0 Å². The molecule has 0 bridgehead atoms. The molecule has 0 aliphatic carbocycles. The molecule has 0 aromatic carbocycles. The van der Waals surface area contributed by atoms with Gasteiger partial charge >= 0.3 is 17.9 Å². The minimum absolute atomic E-state index is 0.0242. The summed E-state index contributed by atoms with van der Waals surface area (Å²) in [5.74, 6) is -5.83. The molecular formula is C20H27NO9. The first-order valence-corrected chi connectivity index (χ1v) is 10.2. The maximum Gasteiger partial charge on any atom is 0.343 e. The number of hydrogen-bond donors (Lipinski definition) is 0. The van der Waals surface area contributed by atoms with Gasteiger partial charge in [-0.05, 0) is 32.8 Å². The van der Waals surface area contributed by atoms with Gasteiger partial charge in [0.05, 0.1) is 39.1 Å². The Morgan fingerprint density at radius 1 is 1.03 bits per heavy atom. The highest BCUT2D eigenvalue weighted by atomic mass is 16.7. The molecule has 3 aliphatic heterocycles. The third-order valence-electron chi connectivity index (χ3n) is 5.44. The number of fused-ring (bicyclic) bond motifs is 2. The van der Waals surface area contributed by atoms with Crippen molar-refractivity contribution >= 4 is 23.8 Å². The van der Waals surface area contributed by atoms with Gasteiger partial charge in [-0.2, -0.15) is 0 Å². The lowest BCUT2D eigenvalue weighted by Crippen LogP contribution is -2.53. The Kier molecular flexibility index (Phi) is 6.77. The van der Waals surface area contributed by atoms with Crippen molar-refractivity contribution in [3.8, 4) is 0 Å². The summed E-state index contributed by atoms with van der Waals surface area (Å²) in [5, 5.41) is 0. The molecule has 10 nitrogen and oxygen atoms in total. The fourth-order valence-corrected chi connectivity index (χ4v) is 4.26. The molecule has 2 saturated heterocycles. The van der Waals surface area contributed by atoms with E-state index in [4.69, 9.17) is 23.7 Å². The Hall–Kier alpha value is -2.46. The van der Waals surface area contributed by atoms with E-state index in [1.807, 2.05) is 0 Å². The van der Waals surface area contributed by atoms with Crippen molar-refractivity contribution in [1.82, 2.24) is 4.90 Å². The van der Waals surface area contributed by atoms with E-state index in [2.05, 4.69) is 0 Å². The molecular weight excluding hydrogens is 398 g/mol. The number of esters is 3. The maximum absolute atomic E-state index is 13.3. The molecule has 30 heavy (non-hydrogen) atoms. The highest BCUT2D eigenvalue weighted by Crippen LogP contribution is 2.44. The van der Waals surface area contributed by atoms with Crippen LogP contribution in [-0.4, -0.2) is 80.1 Å². The Balaban J connectivity index is 2.10. The standard InChI is InChI=1S/C20H27NO9/c1-4-26-17(23)14-12(15(18(24)27-5-2)19(25)28-6-3)11-13-20(29-9-10-30-20)7-8-21(13)16(14)22/h13,15H,4-11H2,1-3H3. The van der Waals surface area contributed by atoms with Crippen LogP contribution >= 0.6 is 0 Å². The topological polar surface area (TPSA) is 118 Å². The van der Waals surface area contributed by atoms with Crippen molar-refractivity contribution < 1.29 is 42.9 Å². The van der Waals surface area contributed by atoms with Gasteiger partial charge in [0.2, 0.25) is 0 Å². The third kappa shape index (κ3) is 3.81. The third-order valence-corrected chi connectivity index (χ3v) is 5.44. The minimum atomic E-state index is -1.55. The van der Waals surface area contributed by atoms with Gasteiger partial charge in [-0.25, -0.2) is 4.79 Å². The summed E-state index contributed by atoms with van der Waals surface area (Å²) in [5.41, 5.74) is -0.300. The average molecular weight is 425 g/mol. The fraction of sp³-hybridized carbons (Fsp3) is 0.700. The van der Waals surface area contributed by atoms with Gasteiger partial charge in [0, 0.05) is 13.0 Å². The SMILES string of the molecule is CCOC(=O)C1=C(C(C(=O)OCC)C(=O)OCC)CC2N(CCC23OCCO3)C1=O. The normalized spacial score (nSPS) is 22.5. The summed E-state index contributed by atoms with van der Waals surface area (Å²) in [6, 6.07) is -0.577. The van der Waals surface area contributed by atoms with Crippen LogP contribution in [0.2, 0.25) is 0 Å². The molecule has 0 radical (unpaired) electrons. The van der Waals surface area contributed by atoms with Crippen LogP contribution < -0.4 is 0 Å². The number of carbonyl (C=O) groups is 4. The smallest absolute Gasteiger partial charge is 0.343 e. The van der Waals surface area contributed by atoms with Crippen LogP contribution in [0.1, 0.15) is 33.6 Å². The van der Waals surface area contributed by atoms with Crippen LogP contribution in [0.25, 0.3) is 0 Å². The van der Waals surface area contributed by atoms with Crippen LogP contribution in [0.4, 0.5) is 0 Å². The van der Waals surface area contributed by atoms with E-state index in [0.29, 0.717) is 26.2 Å². The number of amides is 1. The lowest BCUT2D eigenvalue weighted by Gasteiger charge is -2.38. The predicted molar refractivity (Wildman–Crippen MR) is 99.8 cm³/mol. The Morgan fingerprint density at radius 2 is 1.60 bits per heavy atom. The summed E-state index contributed by atoms with van der Waals surface area (Å²) in [7, 11) is 0. The molecule has 10 heteroatoms. The van der Waals surface area contributed by atoms with Crippen molar-refractivity contribution in [2.75, 3.05) is 39.6 Å². The second kappa shape index (κ2) is 9.13. The molecule has 0 aromatic heterocycles. The number of carbonyl (C=O) groups excluding carboxylic acids is 4. The van der Waals surface area contributed by atoms with Crippen LogP contribution in [0.15, 0.2) is 11.1 Å². The summed E-state index contributed by atoms with van der Waals surface area (Å²) < 4.78 is 26.8. The van der Waals surface area contributed by atoms with Crippen molar-refractivity contribution in [3.63, 3.8) is 0 Å². The highest BCUT2D eigenvalue weighted by molar-refractivity contribution is 6.19. The minimum Gasteiger partial charge on any atom is -0.465 e. The van der Waals surface area contributed by atoms with Crippen LogP contribution in [0.3, 0.4) is 0 Å².